The van der Waals surface area contributed by atoms with Gasteiger partial charge in [0.05, 0.1) is 42.2 Å². The second-order valence-electron chi connectivity index (χ2n) is 37.1. The van der Waals surface area contributed by atoms with Crippen LogP contribution >= 0.6 is 0 Å². The van der Waals surface area contributed by atoms with E-state index in [4.69, 9.17) is 27.8 Å². The van der Waals surface area contributed by atoms with E-state index < -0.39 is 34.4 Å². The Hall–Kier alpha value is -1.09. The summed E-state index contributed by atoms with van der Waals surface area (Å²) in [6, 6.07) is 6.88. The molecule has 524 valence electrons. The topological polar surface area (TPSA) is 110 Å². The summed E-state index contributed by atoms with van der Waals surface area (Å²) >= 11 is 0. The Bertz CT molecular complexity index is 2660. The van der Waals surface area contributed by atoms with Crippen molar-refractivity contribution < 1.29 is 42.5 Å². The molecular formula is C80H142O9Si2. The number of hydrogen-bond acceptors (Lipinski definition) is 9. The summed E-state index contributed by atoms with van der Waals surface area (Å²) in [6.07, 6.45) is 19.5. The molecule has 0 aromatic carbocycles. The maximum Gasteiger partial charge on any atom is 0.303 e. The minimum absolute atomic E-state index is 0. The van der Waals surface area contributed by atoms with Crippen molar-refractivity contribution in [3.8, 4) is 0 Å². The monoisotopic (exact) mass is 1300 g/mol. The van der Waals surface area contributed by atoms with Gasteiger partial charge >= 0.3 is 11.9 Å². The van der Waals surface area contributed by atoms with E-state index in [1.54, 1.807) is 13.8 Å². The molecule has 12 fully saturated rings. The highest BCUT2D eigenvalue weighted by Gasteiger charge is 2.87. The number of rotatable bonds is 16. The lowest BCUT2D eigenvalue weighted by molar-refractivity contribution is -0.215. The zero-order valence-corrected chi connectivity index (χ0v) is 63.4. The number of hydrogen-bond donors (Lipinski definition) is 1. The van der Waals surface area contributed by atoms with Gasteiger partial charge in [0.25, 0.3) is 0 Å². The zero-order chi connectivity index (χ0) is 65.4. The number of carbonyl (C=O) groups excluding carboxylic acids is 2. The minimum Gasteiger partial charge on any atom is -0.457 e. The molecule has 0 amide bonds. The molecule has 1 N–H and O–H groups in total. The summed E-state index contributed by atoms with van der Waals surface area (Å²) in [4.78, 5) is 24.5. The van der Waals surface area contributed by atoms with Crippen molar-refractivity contribution in [2.45, 2.75) is 368 Å². The summed E-state index contributed by atoms with van der Waals surface area (Å²) in [5.41, 5.74) is 2.90. The standard InChI is InChI=1S/C39H68O5Si.C39H66O4Si.2CH4/c1-13-45(14-2,15-3)44-33-31-30(24(4)22-27(43-31)32(35(9,10)41)42-26(6)40)36(11)20-21-39-23-38(39)19-18-25(5)34(7,8)28(38)16-17-29(39)37(33,36)12;1-13-44(14-2,15-3)43-34-33-31(25(6)22-28(42-33)32(24(4)5)41-27(8)40)36(11)20-21-39-23-38(39)19-18-26(7)35(9,10)29(38)16-17-30(39)37(34,36)12;;/h24-25,27-33,41H,13-23H2,1-12H3;25-26,28-34H,4,13-23H2,1-3,5-12H3;2*1H4/t24-,25?,27-,28+,29+,30+,31+,32+,33+,36-,37-,38-,39+;25-,26?,28-,29+,30+,31+,32-,33+,34+,36-,37-,38-,39+;;/m11../s1. The SMILES string of the molecule is C.C.C=C(C)[C@@H](OC(C)=O)[C@H]1C[C@@H](C)[C@H]2[C@H](O1)[C@H](O[Si](CC)(CC)CC)[C@@]1(C)[C@@H]3CC[C@H]4C(C)(C)C(C)CC[C@@]45C[C@@]35CC[C@]21C.CC[Si](CC)(CC)O[C@H]1[C@H]2O[C@@H]([C@H](OC(C)=O)C(C)(C)O)C[C@@H](C)[C@@H]2[C@@]2(C)CC[C@@]34C[C@@]35CCC(C)C(C)(C)[C@@H]5CC[C@H]4[C@]12C. The predicted octanol–water partition coefficient (Wildman–Crippen LogP) is 20.4. The van der Waals surface area contributed by atoms with Crippen molar-refractivity contribution in [3.63, 3.8) is 0 Å². The van der Waals surface area contributed by atoms with Crippen LogP contribution in [0.15, 0.2) is 12.2 Å². The van der Waals surface area contributed by atoms with Gasteiger partial charge in [-0.1, -0.05) is 146 Å². The Balaban J connectivity index is 0.000000211. The van der Waals surface area contributed by atoms with Gasteiger partial charge in [0.2, 0.25) is 0 Å². The van der Waals surface area contributed by atoms with Crippen molar-refractivity contribution in [2.75, 3.05) is 0 Å². The van der Waals surface area contributed by atoms with Crippen LogP contribution in [0.1, 0.15) is 277 Å². The Labute approximate surface area is 561 Å². The lowest BCUT2D eigenvalue weighted by atomic mass is 9.41. The molecule has 11 heteroatoms. The molecule has 0 bridgehead atoms. The molecule has 4 spiro atoms. The van der Waals surface area contributed by atoms with Crippen LogP contribution < -0.4 is 0 Å². The van der Waals surface area contributed by atoms with E-state index in [9.17, 15) is 14.7 Å². The van der Waals surface area contributed by atoms with Crippen LogP contribution in [0, 0.1) is 113 Å². The van der Waals surface area contributed by atoms with Crippen LogP contribution in [0.25, 0.3) is 0 Å². The molecule has 91 heavy (non-hydrogen) atoms. The maximum atomic E-state index is 12.3. The molecule has 0 aromatic heterocycles. The van der Waals surface area contributed by atoms with Gasteiger partial charge in [0, 0.05) is 24.7 Å². The van der Waals surface area contributed by atoms with Crippen LogP contribution in [0.3, 0.4) is 0 Å². The van der Waals surface area contributed by atoms with Crippen molar-refractivity contribution in [3.05, 3.63) is 12.2 Å². The van der Waals surface area contributed by atoms with Gasteiger partial charge in [-0.25, -0.2) is 0 Å². The average Bonchev–Trinajstić information content (AvgIpc) is 1.47. The average molecular weight is 1300 g/mol. The molecule has 0 radical (unpaired) electrons. The molecule has 9 nitrogen and oxygen atoms in total. The third-order valence-electron chi connectivity index (χ3n) is 33.7. The first-order valence-corrected chi connectivity index (χ1v) is 42.8. The van der Waals surface area contributed by atoms with E-state index in [0.717, 1.165) is 78.4 Å². The summed E-state index contributed by atoms with van der Waals surface area (Å²) in [5, 5.41) is 11.3. The summed E-state index contributed by atoms with van der Waals surface area (Å²) < 4.78 is 42.2. The smallest absolute Gasteiger partial charge is 0.303 e. The first-order chi connectivity index (χ1) is 41.4. The highest BCUT2D eigenvalue weighted by molar-refractivity contribution is 6.74. The highest BCUT2D eigenvalue weighted by Crippen LogP contribution is 2.92. The fourth-order valence-electron chi connectivity index (χ4n) is 27.8. The third kappa shape index (κ3) is 10.2. The Kier molecular flexibility index (Phi) is 19.9. The number of esters is 2. The molecule has 2 heterocycles. The predicted molar refractivity (Wildman–Crippen MR) is 378 cm³/mol. The minimum atomic E-state index is -2.00. The quantitative estimate of drug-likeness (QED) is 0.0918. The first-order valence-electron chi connectivity index (χ1n) is 37.8. The highest BCUT2D eigenvalue weighted by atomic mass is 28.4. The summed E-state index contributed by atoms with van der Waals surface area (Å²) in [7, 11) is -3.95. The van der Waals surface area contributed by atoms with E-state index in [2.05, 4.69) is 131 Å². The normalized spacial score (nSPS) is 48.2. The van der Waals surface area contributed by atoms with E-state index in [1.807, 2.05) is 6.92 Å². The third-order valence-corrected chi connectivity index (χ3v) is 43.0. The van der Waals surface area contributed by atoms with Gasteiger partial charge in [-0.3, -0.25) is 9.59 Å². The molecule has 10 aliphatic carbocycles. The van der Waals surface area contributed by atoms with Gasteiger partial charge in [-0.05, 0) is 268 Å². The molecule has 2 aliphatic heterocycles. The Morgan fingerprint density at radius 1 is 0.527 bits per heavy atom. The molecule has 26 atom stereocenters. The van der Waals surface area contributed by atoms with Crippen molar-refractivity contribution in [2.24, 2.45) is 113 Å². The molecule has 10 saturated carbocycles. The van der Waals surface area contributed by atoms with Crippen LogP contribution in [0.5, 0.6) is 0 Å². The van der Waals surface area contributed by atoms with Crippen molar-refractivity contribution in [1.82, 2.24) is 0 Å². The molecule has 2 unspecified atom stereocenters. The lowest BCUT2D eigenvalue weighted by Gasteiger charge is -2.64. The fraction of sp³-hybridized carbons (Fsp3) is 0.950. The maximum absolute atomic E-state index is 12.3. The zero-order valence-electron chi connectivity index (χ0n) is 61.4. The lowest BCUT2D eigenvalue weighted by Crippen LogP contribution is -2.61. The van der Waals surface area contributed by atoms with E-state index in [-0.39, 0.29) is 85.1 Å². The van der Waals surface area contributed by atoms with Crippen LogP contribution in [-0.4, -0.2) is 88.1 Å². The van der Waals surface area contributed by atoms with Gasteiger partial charge in [-0.15, -0.1) is 0 Å². The molecule has 0 aromatic rings. The van der Waals surface area contributed by atoms with Gasteiger partial charge < -0.3 is 32.9 Å². The second kappa shape index (κ2) is 24.4. The van der Waals surface area contributed by atoms with E-state index >= 15 is 0 Å². The van der Waals surface area contributed by atoms with E-state index in [1.165, 1.54) is 104 Å². The largest absolute Gasteiger partial charge is 0.457 e. The number of aliphatic hydroxyl groups is 1. The molecule has 2 saturated heterocycles. The molecular weight excluding hydrogens is 1160 g/mol. The fourth-order valence-corrected chi connectivity index (χ4v) is 33.6. The van der Waals surface area contributed by atoms with Crippen molar-refractivity contribution in [1.29, 1.82) is 0 Å². The summed E-state index contributed by atoms with van der Waals surface area (Å²) in [6.45, 7) is 58.0. The number of carbonyl (C=O) groups is 2. The van der Waals surface area contributed by atoms with E-state index in [0.29, 0.717) is 68.0 Å². The van der Waals surface area contributed by atoms with Gasteiger partial charge in [0.15, 0.2) is 22.7 Å². The van der Waals surface area contributed by atoms with Crippen LogP contribution in [0.4, 0.5) is 0 Å². The van der Waals surface area contributed by atoms with Crippen LogP contribution in [-0.2, 0) is 37.4 Å². The Morgan fingerprint density at radius 2 is 0.868 bits per heavy atom. The number of ether oxygens (including phenoxy) is 4. The second-order valence-corrected chi connectivity index (χ2v) is 46.6. The van der Waals surface area contributed by atoms with Gasteiger partial charge in [0.1, 0.15) is 6.10 Å². The molecule has 12 rings (SSSR count). The first kappa shape index (κ1) is 74.1. The number of fused-ring (bicyclic) bond motifs is 8. The summed E-state index contributed by atoms with van der Waals surface area (Å²) in [5.74, 6) is 5.79. The van der Waals surface area contributed by atoms with Gasteiger partial charge in [-0.2, -0.15) is 0 Å². The Morgan fingerprint density at radius 3 is 1.21 bits per heavy atom. The van der Waals surface area contributed by atoms with Crippen LogP contribution in [0.2, 0.25) is 36.3 Å². The molecule has 12 aliphatic rings. The van der Waals surface area contributed by atoms with Crippen molar-refractivity contribution >= 4 is 28.6 Å².